The van der Waals surface area contributed by atoms with E-state index in [9.17, 15) is 18.4 Å². The molecular weight excluding hydrogens is 332 g/mol. The van der Waals surface area contributed by atoms with Gasteiger partial charge >= 0.3 is 0 Å². The van der Waals surface area contributed by atoms with Crippen LogP contribution in [0.3, 0.4) is 0 Å². The monoisotopic (exact) mass is 347 g/mol. The second-order valence-corrected chi connectivity index (χ2v) is 5.75. The quantitative estimate of drug-likeness (QED) is 0.609. The Bertz CT molecular complexity index is 572. The molecular formula is C13H16ClN2O5S-. The molecule has 2 N–H and O–H groups in total. The largest absolute Gasteiger partial charge is 0.768 e. The van der Waals surface area contributed by atoms with Crippen molar-refractivity contribution in [3.05, 3.63) is 28.8 Å². The highest BCUT2D eigenvalue weighted by atomic mass is 35.5. The van der Waals surface area contributed by atoms with Crippen LogP contribution in [0.1, 0.15) is 23.2 Å². The standard InChI is InChI=1S/C12H12ClNO4S.CH5NO/c13-10-2-1-8(7-11(10)19(17)18)12(16)14-5-3-9(15)4-6-14;1-2-3/h1-2,7H,3-6H2,(H,17,18);2-3H,1H3/p-1. The molecule has 0 radical (unpaired) electrons. The zero-order valence-electron chi connectivity index (χ0n) is 11.9. The number of likely N-dealkylation sites (tertiary alicyclic amines) is 1. The summed E-state index contributed by atoms with van der Waals surface area (Å²) in [6.45, 7) is 0.742. The van der Waals surface area contributed by atoms with Crippen LogP contribution in [0.2, 0.25) is 5.02 Å². The second-order valence-electron chi connectivity index (χ2n) is 4.43. The van der Waals surface area contributed by atoms with E-state index in [1.165, 1.54) is 25.2 Å². The number of hydrogen-bond acceptors (Lipinski definition) is 6. The van der Waals surface area contributed by atoms with E-state index in [0.29, 0.717) is 25.9 Å². The first-order chi connectivity index (χ1) is 10.4. The van der Waals surface area contributed by atoms with Gasteiger partial charge in [0.2, 0.25) is 0 Å². The zero-order chi connectivity index (χ0) is 16.7. The Morgan fingerprint density at radius 1 is 1.41 bits per heavy atom. The third-order valence-corrected chi connectivity index (χ3v) is 4.10. The van der Waals surface area contributed by atoms with Crippen molar-refractivity contribution in [2.24, 2.45) is 0 Å². The number of nitrogens with zero attached hydrogens (tertiary/aromatic N) is 1. The highest BCUT2D eigenvalue weighted by Gasteiger charge is 2.22. The number of Topliss-reactive ketones (excluding diaryl/α,β-unsaturated/α-hetero) is 1. The Morgan fingerprint density at radius 3 is 2.45 bits per heavy atom. The molecule has 2 rings (SSSR count). The molecule has 0 bridgehead atoms. The van der Waals surface area contributed by atoms with Gasteiger partial charge in [0.15, 0.2) is 0 Å². The average molecular weight is 348 g/mol. The van der Waals surface area contributed by atoms with E-state index in [4.69, 9.17) is 16.8 Å². The Balaban J connectivity index is 0.000000745. The summed E-state index contributed by atoms with van der Waals surface area (Å²) in [6, 6.07) is 4.12. The number of hydrogen-bond donors (Lipinski definition) is 2. The number of ketones is 1. The summed E-state index contributed by atoms with van der Waals surface area (Å²) in [4.78, 5) is 24.7. The first kappa shape index (κ1) is 18.7. The normalized spacial score (nSPS) is 15.8. The third-order valence-electron chi connectivity index (χ3n) is 2.97. The maximum Gasteiger partial charge on any atom is 0.253 e. The molecule has 0 spiro atoms. The molecule has 0 aromatic heterocycles. The Morgan fingerprint density at radius 2 is 1.95 bits per heavy atom. The topological polar surface area (TPSA) is 110 Å². The third kappa shape index (κ3) is 5.15. The highest BCUT2D eigenvalue weighted by molar-refractivity contribution is 7.79. The number of hydroxylamine groups is 1. The summed E-state index contributed by atoms with van der Waals surface area (Å²) >= 11 is 3.25. The molecule has 1 aromatic rings. The summed E-state index contributed by atoms with van der Waals surface area (Å²) in [5, 5.41) is 7.40. The van der Waals surface area contributed by atoms with Gasteiger partial charge in [-0.25, -0.2) is 5.48 Å². The molecule has 1 saturated heterocycles. The molecule has 1 aromatic carbocycles. The zero-order valence-corrected chi connectivity index (χ0v) is 13.4. The number of piperidine rings is 1. The average Bonchev–Trinajstić information content (AvgIpc) is 2.48. The molecule has 122 valence electrons. The molecule has 22 heavy (non-hydrogen) atoms. The van der Waals surface area contributed by atoms with Gasteiger partial charge in [-0.15, -0.1) is 0 Å². The number of rotatable bonds is 2. The Labute approximate surface area is 135 Å². The minimum Gasteiger partial charge on any atom is -0.768 e. The number of carbonyl (C=O) groups excluding carboxylic acids is 2. The molecule has 1 unspecified atom stereocenters. The van der Waals surface area contributed by atoms with Crippen molar-refractivity contribution in [2.75, 3.05) is 20.1 Å². The van der Waals surface area contributed by atoms with E-state index in [0.717, 1.165) is 0 Å². The van der Waals surface area contributed by atoms with Gasteiger partial charge in [-0.1, -0.05) is 11.6 Å². The number of benzene rings is 1. The first-order valence-electron chi connectivity index (χ1n) is 6.41. The minimum atomic E-state index is -2.48. The van der Waals surface area contributed by atoms with Crippen molar-refractivity contribution in [1.29, 1.82) is 0 Å². The van der Waals surface area contributed by atoms with Gasteiger partial charge < -0.3 is 14.7 Å². The Hall–Kier alpha value is -1.32. The van der Waals surface area contributed by atoms with Gasteiger partial charge in [0.05, 0.1) is 5.02 Å². The summed E-state index contributed by atoms with van der Waals surface area (Å²) in [7, 11) is 1.43. The summed E-state index contributed by atoms with van der Waals surface area (Å²) in [6.07, 6.45) is 0.694. The summed E-state index contributed by atoms with van der Waals surface area (Å²) in [5.74, 6) is -0.141. The van der Waals surface area contributed by atoms with Crippen LogP contribution in [0.25, 0.3) is 0 Å². The van der Waals surface area contributed by atoms with Crippen molar-refractivity contribution < 1.29 is 23.6 Å². The van der Waals surface area contributed by atoms with Crippen molar-refractivity contribution in [1.82, 2.24) is 10.4 Å². The van der Waals surface area contributed by atoms with E-state index in [-0.39, 0.29) is 27.2 Å². The van der Waals surface area contributed by atoms with Crippen LogP contribution in [0.15, 0.2) is 23.1 Å². The molecule has 0 aliphatic carbocycles. The van der Waals surface area contributed by atoms with Crippen LogP contribution in [-0.4, -0.2) is 50.7 Å². The van der Waals surface area contributed by atoms with E-state index >= 15 is 0 Å². The number of halogens is 1. The van der Waals surface area contributed by atoms with Gasteiger partial charge in [0, 0.05) is 43.4 Å². The molecule has 1 heterocycles. The molecule has 7 nitrogen and oxygen atoms in total. The minimum absolute atomic E-state index is 0.0821. The van der Waals surface area contributed by atoms with E-state index < -0.39 is 11.1 Å². The maximum atomic E-state index is 12.2. The molecule has 1 fully saturated rings. The predicted octanol–water partition coefficient (Wildman–Crippen LogP) is 0.978. The van der Waals surface area contributed by atoms with Gasteiger partial charge in [-0.2, -0.15) is 0 Å². The molecule has 1 aliphatic rings. The molecule has 1 aliphatic heterocycles. The summed E-state index contributed by atoms with van der Waals surface area (Å²) in [5.41, 5.74) is 2.01. The lowest BCUT2D eigenvalue weighted by molar-refractivity contribution is -0.120. The number of carbonyl (C=O) groups is 2. The van der Waals surface area contributed by atoms with Crippen LogP contribution in [0.4, 0.5) is 0 Å². The van der Waals surface area contributed by atoms with Crippen LogP contribution in [-0.2, 0) is 15.9 Å². The smallest absolute Gasteiger partial charge is 0.253 e. The number of nitrogens with one attached hydrogen (secondary N) is 1. The molecule has 1 atom stereocenters. The SMILES string of the molecule is CNO.O=C1CCN(C(=O)c2ccc(Cl)c(S(=O)[O-])c2)CC1. The van der Waals surface area contributed by atoms with Crippen LogP contribution < -0.4 is 5.48 Å². The lowest BCUT2D eigenvalue weighted by Crippen LogP contribution is -2.38. The van der Waals surface area contributed by atoms with Gasteiger partial charge in [0.25, 0.3) is 5.91 Å². The van der Waals surface area contributed by atoms with Crippen LogP contribution in [0.5, 0.6) is 0 Å². The lowest BCUT2D eigenvalue weighted by atomic mass is 10.1. The van der Waals surface area contributed by atoms with E-state index in [1.807, 2.05) is 0 Å². The second kappa shape index (κ2) is 8.96. The van der Waals surface area contributed by atoms with Gasteiger partial charge in [0.1, 0.15) is 5.78 Å². The van der Waals surface area contributed by atoms with Crippen molar-refractivity contribution >= 4 is 34.4 Å². The van der Waals surface area contributed by atoms with Crippen LogP contribution in [0, 0.1) is 0 Å². The van der Waals surface area contributed by atoms with Crippen molar-refractivity contribution in [3.8, 4) is 0 Å². The molecule has 1 amide bonds. The number of amides is 1. The molecule has 0 saturated carbocycles. The first-order valence-corrected chi connectivity index (χ1v) is 7.86. The fraction of sp³-hybridized carbons (Fsp3) is 0.385. The highest BCUT2D eigenvalue weighted by Crippen LogP contribution is 2.22. The predicted molar refractivity (Wildman–Crippen MR) is 79.6 cm³/mol. The lowest BCUT2D eigenvalue weighted by Gasteiger charge is -2.26. The maximum absolute atomic E-state index is 12.2. The van der Waals surface area contributed by atoms with E-state index in [2.05, 4.69) is 0 Å². The van der Waals surface area contributed by atoms with E-state index in [1.54, 1.807) is 10.4 Å². The molecule has 9 heteroatoms. The Kier molecular flexibility index (Phi) is 7.63. The summed E-state index contributed by atoms with van der Waals surface area (Å²) < 4.78 is 21.9. The van der Waals surface area contributed by atoms with Crippen molar-refractivity contribution in [3.63, 3.8) is 0 Å². The van der Waals surface area contributed by atoms with Crippen molar-refractivity contribution in [2.45, 2.75) is 17.7 Å². The fourth-order valence-electron chi connectivity index (χ4n) is 1.91. The van der Waals surface area contributed by atoms with Gasteiger partial charge in [-0.05, 0) is 29.3 Å². The fourth-order valence-corrected chi connectivity index (χ4v) is 2.66. The van der Waals surface area contributed by atoms with Gasteiger partial charge in [-0.3, -0.25) is 13.8 Å². The van der Waals surface area contributed by atoms with Crippen LogP contribution >= 0.6 is 11.6 Å².